The van der Waals surface area contributed by atoms with E-state index < -0.39 is 0 Å². The summed E-state index contributed by atoms with van der Waals surface area (Å²) in [5.41, 5.74) is 1.64. The van der Waals surface area contributed by atoms with Gasteiger partial charge in [0.2, 0.25) is 0 Å². The fourth-order valence-corrected chi connectivity index (χ4v) is 2.76. The monoisotopic (exact) mass is 317 g/mol. The van der Waals surface area contributed by atoms with Gasteiger partial charge in [0.1, 0.15) is 5.82 Å². The summed E-state index contributed by atoms with van der Waals surface area (Å²) in [7, 11) is 0. The Morgan fingerprint density at radius 2 is 2.14 bits per heavy atom. The molecule has 0 bridgehead atoms. The standard InChI is InChI=1S/C15H16FN5S/c16-11-1-3-12(4-2-11)20-15(22)21-8-7-18-10-14(21)13-9-17-5-6-19-13/h1-6,9,14,18H,7-8,10H2,(H,20,22). The van der Waals surface area contributed by atoms with Crippen molar-refractivity contribution in [2.75, 3.05) is 25.0 Å². The van der Waals surface area contributed by atoms with E-state index in [0.717, 1.165) is 31.0 Å². The van der Waals surface area contributed by atoms with Crippen LogP contribution < -0.4 is 10.6 Å². The Morgan fingerprint density at radius 1 is 1.32 bits per heavy atom. The van der Waals surface area contributed by atoms with E-state index in [9.17, 15) is 4.39 Å². The molecule has 2 heterocycles. The summed E-state index contributed by atoms with van der Waals surface area (Å²) in [6.45, 7) is 2.38. The lowest BCUT2D eigenvalue weighted by atomic mass is 10.1. The highest BCUT2D eigenvalue weighted by atomic mass is 32.1. The maximum atomic E-state index is 13.0. The molecule has 0 spiro atoms. The summed E-state index contributed by atoms with van der Waals surface area (Å²) in [5, 5.41) is 7.10. The highest BCUT2D eigenvalue weighted by molar-refractivity contribution is 7.80. The highest BCUT2D eigenvalue weighted by Gasteiger charge is 2.26. The van der Waals surface area contributed by atoms with Crippen LogP contribution in [0.2, 0.25) is 0 Å². The van der Waals surface area contributed by atoms with E-state index in [2.05, 4.69) is 25.5 Å². The van der Waals surface area contributed by atoms with Crippen molar-refractivity contribution in [3.8, 4) is 0 Å². The molecule has 2 aromatic rings. The van der Waals surface area contributed by atoms with Gasteiger partial charge < -0.3 is 15.5 Å². The van der Waals surface area contributed by atoms with E-state index in [4.69, 9.17) is 12.2 Å². The minimum Gasteiger partial charge on any atom is -0.338 e. The molecule has 114 valence electrons. The molecule has 3 rings (SSSR count). The van der Waals surface area contributed by atoms with Crippen molar-refractivity contribution < 1.29 is 4.39 Å². The van der Waals surface area contributed by atoms with Crippen LogP contribution in [0.3, 0.4) is 0 Å². The molecule has 1 atom stereocenters. The summed E-state index contributed by atoms with van der Waals surface area (Å²) in [6, 6.07) is 6.18. The van der Waals surface area contributed by atoms with Gasteiger partial charge in [-0.25, -0.2) is 4.39 Å². The number of benzene rings is 1. The predicted octanol–water partition coefficient (Wildman–Crippen LogP) is 1.96. The van der Waals surface area contributed by atoms with Crippen LogP contribution in [-0.4, -0.2) is 39.6 Å². The van der Waals surface area contributed by atoms with E-state index in [1.165, 1.54) is 12.1 Å². The maximum absolute atomic E-state index is 13.0. The van der Waals surface area contributed by atoms with Crippen molar-refractivity contribution in [3.63, 3.8) is 0 Å². The van der Waals surface area contributed by atoms with Crippen LogP contribution in [0.25, 0.3) is 0 Å². The Kier molecular flexibility index (Phi) is 4.55. The topological polar surface area (TPSA) is 53.1 Å². The van der Waals surface area contributed by atoms with Gasteiger partial charge in [-0.2, -0.15) is 0 Å². The first-order valence-electron chi connectivity index (χ1n) is 7.04. The number of thiocarbonyl (C=S) groups is 1. The zero-order valence-corrected chi connectivity index (χ0v) is 12.7. The molecule has 1 aliphatic rings. The zero-order valence-electron chi connectivity index (χ0n) is 11.9. The van der Waals surface area contributed by atoms with Crippen LogP contribution in [0.15, 0.2) is 42.9 Å². The molecule has 0 radical (unpaired) electrons. The van der Waals surface area contributed by atoms with Gasteiger partial charge in [0.15, 0.2) is 5.11 Å². The lowest BCUT2D eigenvalue weighted by molar-refractivity contribution is 0.259. The highest BCUT2D eigenvalue weighted by Crippen LogP contribution is 2.21. The van der Waals surface area contributed by atoms with Gasteiger partial charge >= 0.3 is 0 Å². The molecule has 1 saturated heterocycles. The molecule has 5 nitrogen and oxygen atoms in total. The van der Waals surface area contributed by atoms with Crippen molar-refractivity contribution in [2.24, 2.45) is 0 Å². The van der Waals surface area contributed by atoms with Crippen molar-refractivity contribution in [1.29, 1.82) is 0 Å². The molecule has 1 fully saturated rings. The van der Waals surface area contributed by atoms with Crippen LogP contribution in [0, 0.1) is 5.82 Å². The van der Waals surface area contributed by atoms with Gasteiger partial charge in [0.05, 0.1) is 17.9 Å². The number of nitrogens with zero attached hydrogens (tertiary/aromatic N) is 3. The molecule has 0 amide bonds. The summed E-state index contributed by atoms with van der Waals surface area (Å²) in [4.78, 5) is 10.6. The summed E-state index contributed by atoms with van der Waals surface area (Å²) in [5.74, 6) is -0.268. The van der Waals surface area contributed by atoms with Crippen LogP contribution in [0.5, 0.6) is 0 Å². The second-order valence-corrected chi connectivity index (χ2v) is 5.37. The second-order valence-electron chi connectivity index (χ2n) is 4.98. The Morgan fingerprint density at radius 3 is 2.86 bits per heavy atom. The first-order valence-corrected chi connectivity index (χ1v) is 7.44. The van der Waals surface area contributed by atoms with Crippen LogP contribution in [-0.2, 0) is 0 Å². The summed E-state index contributed by atoms with van der Waals surface area (Å²) >= 11 is 5.51. The minimum atomic E-state index is -0.268. The van der Waals surface area contributed by atoms with E-state index >= 15 is 0 Å². The van der Waals surface area contributed by atoms with E-state index in [1.54, 1.807) is 30.7 Å². The lowest BCUT2D eigenvalue weighted by Crippen LogP contribution is -2.50. The Bertz CT molecular complexity index is 634. The Hall–Kier alpha value is -2.12. The fourth-order valence-electron chi connectivity index (χ4n) is 2.42. The molecule has 1 aromatic carbocycles. The average molecular weight is 317 g/mol. The summed E-state index contributed by atoms with van der Waals surface area (Å²) in [6.07, 6.45) is 5.09. The second kappa shape index (κ2) is 6.76. The molecule has 22 heavy (non-hydrogen) atoms. The Balaban J connectivity index is 1.75. The minimum absolute atomic E-state index is 0.0305. The van der Waals surface area contributed by atoms with Crippen LogP contribution in [0.1, 0.15) is 11.7 Å². The summed E-state index contributed by atoms with van der Waals surface area (Å²) < 4.78 is 13.0. The molecular weight excluding hydrogens is 301 g/mol. The Labute approximate surface area is 133 Å². The smallest absolute Gasteiger partial charge is 0.174 e. The van der Waals surface area contributed by atoms with Gasteiger partial charge in [-0.3, -0.25) is 9.97 Å². The number of halogens is 1. The van der Waals surface area contributed by atoms with Crippen molar-refractivity contribution in [1.82, 2.24) is 20.2 Å². The third-order valence-corrected chi connectivity index (χ3v) is 3.86. The molecule has 1 unspecified atom stereocenters. The number of rotatable bonds is 2. The number of hydrogen-bond acceptors (Lipinski definition) is 4. The zero-order chi connectivity index (χ0) is 15.4. The van der Waals surface area contributed by atoms with Crippen molar-refractivity contribution in [2.45, 2.75) is 6.04 Å². The first-order chi connectivity index (χ1) is 10.7. The van der Waals surface area contributed by atoms with Gasteiger partial charge in [-0.15, -0.1) is 0 Å². The van der Waals surface area contributed by atoms with E-state index in [0.29, 0.717) is 5.11 Å². The SMILES string of the molecule is Fc1ccc(NC(=S)N2CCNCC2c2cnccn2)cc1. The molecule has 0 saturated carbocycles. The first kappa shape index (κ1) is 14.8. The number of piperazine rings is 1. The third kappa shape index (κ3) is 3.37. The molecule has 1 aromatic heterocycles. The predicted molar refractivity (Wildman–Crippen MR) is 87.0 cm³/mol. The number of anilines is 1. The van der Waals surface area contributed by atoms with Gasteiger partial charge in [-0.1, -0.05) is 0 Å². The van der Waals surface area contributed by atoms with E-state index in [1.807, 2.05) is 0 Å². The maximum Gasteiger partial charge on any atom is 0.174 e. The molecule has 1 aliphatic heterocycles. The third-order valence-electron chi connectivity index (χ3n) is 3.52. The van der Waals surface area contributed by atoms with Crippen LogP contribution in [0.4, 0.5) is 10.1 Å². The molecular formula is C15H16FN5S. The number of aromatic nitrogens is 2. The van der Waals surface area contributed by atoms with Gasteiger partial charge in [-0.05, 0) is 36.5 Å². The fraction of sp³-hybridized carbons (Fsp3) is 0.267. The van der Waals surface area contributed by atoms with Gasteiger partial charge in [0, 0.05) is 37.7 Å². The van der Waals surface area contributed by atoms with Gasteiger partial charge in [0.25, 0.3) is 0 Å². The molecule has 7 heteroatoms. The average Bonchev–Trinajstić information content (AvgIpc) is 2.58. The molecule has 0 aliphatic carbocycles. The van der Waals surface area contributed by atoms with Crippen molar-refractivity contribution in [3.05, 3.63) is 54.4 Å². The normalized spacial score (nSPS) is 18.0. The van der Waals surface area contributed by atoms with Crippen LogP contribution >= 0.6 is 12.2 Å². The lowest BCUT2D eigenvalue weighted by Gasteiger charge is -2.37. The largest absolute Gasteiger partial charge is 0.338 e. The molecule has 2 N–H and O–H groups in total. The number of nitrogens with one attached hydrogen (secondary N) is 2. The number of hydrogen-bond donors (Lipinski definition) is 2. The van der Waals surface area contributed by atoms with Crippen molar-refractivity contribution >= 4 is 23.0 Å². The van der Waals surface area contributed by atoms with E-state index in [-0.39, 0.29) is 11.9 Å². The quantitative estimate of drug-likeness (QED) is 0.826.